The number of morpholine rings is 1. The number of carbonyl (C=O) groups excluding carboxylic acids is 1. The lowest BCUT2D eigenvalue weighted by Gasteiger charge is -2.31. The minimum absolute atomic E-state index is 0.0173. The van der Waals surface area contributed by atoms with Crippen molar-refractivity contribution in [1.29, 1.82) is 0 Å². The van der Waals surface area contributed by atoms with E-state index in [2.05, 4.69) is 15.9 Å². The van der Waals surface area contributed by atoms with Crippen LogP contribution in [0.5, 0.6) is 0 Å². The zero-order valence-corrected chi connectivity index (χ0v) is 11.8. The molecule has 1 heterocycles. The minimum Gasteiger partial charge on any atom is -0.375 e. The van der Waals surface area contributed by atoms with E-state index in [1.54, 1.807) is 18.2 Å². The molecule has 5 heteroatoms. The zero-order chi connectivity index (χ0) is 12.4. The van der Waals surface area contributed by atoms with Crippen LogP contribution in [0.25, 0.3) is 0 Å². The molecule has 1 saturated heterocycles. The van der Waals surface area contributed by atoms with Gasteiger partial charge in [0, 0.05) is 22.6 Å². The molecule has 1 unspecified atom stereocenters. The Bertz CT molecular complexity index is 439. The summed E-state index contributed by atoms with van der Waals surface area (Å²) >= 11 is 9.22. The Morgan fingerprint density at radius 3 is 3.00 bits per heavy atom. The van der Waals surface area contributed by atoms with Crippen molar-refractivity contribution >= 4 is 33.4 Å². The second-order valence-corrected chi connectivity index (χ2v) is 5.35. The van der Waals surface area contributed by atoms with Crippen LogP contribution < -0.4 is 0 Å². The average molecular weight is 319 g/mol. The summed E-state index contributed by atoms with van der Waals surface area (Å²) < 4.78 is 6.15. The van der Waals surface area contributed by atoms with Crippen LogP contribution >= 0.6 is 27.5 Å². The van der Waals surface area contributed by atoms with Gasteiger partial charge in [-0.15, -0.1) is 0 Å². The number of benzene rings is 1. The molecular formula is C12H13BrClNO2. The molecule has 1 aliphatic heterocycles. The minimum atomic E-state index is 0.0173. The molecule has 0 spiro atoms. The molecule has 1 aromatic rings. The second-order valence-electron chi connectivity index (χ2n) is 4.06. The quantitative estimate of drug-likeness (QED) is 0.797. The van der Waals surface area contributed by atoms with E-state index < -0.39 is 0 Å². The topological polar surface area (TPSA) is 29.5 Å². The van der Waals surface area contributed by atoms with Crippen molar-refractivity contribution in [1.82, 2.24) is 4.90 Å². The van der Waals surface area contributed by atoms with Crippen molar-refractivity contribution in [2.24, 2.45) is 0 Å². The first-order valence-corrected chi connectivity index (χ1v) is 6.61. The summed E-state index contributed by atoms with van der Waals surface area (Å²) in [6.07, 6.45) is 0.0961. The largest absolute Gasteiger partial charge is 0.375 e. The third kappa shape index (κ3) is 3.00. The fourth-order valence-electron chi connectivity index (χ4n) is 1.84. The summed E-state index contributed by atoms with van der Waals surface area (Å²) in [5.41, 5.74) is 0.642. The maximum atomic E-state index is 12.3. The third-order valence-electron chi connectivity index (χ3n) is 2.69. The molecule has 1 aromatic carbocycles. The van der Waals surface area contributed by atoms with Crippen molar-refractivity contribution in [2.75, 3.05) is 19.7 Å². The molecule has 0 N–H and O–H groups in total. The van der Waals surface area contributed by atoms with Crippen LogP contribution in [0, 0.1) is 0 Å². The first kappa shape index (κ1) is 12.9. The van der Waals surface area contributed by atoms with Gasteiger partial charge >= 0.3 is 0 Å². The number of nitrogens with zero attached hydrogens (tertiary/aromatic N) is 1. The Labute approximate surface area is 114 Å². The SMILES string of the molecule is CC1CN(C(=O)c2ccc(Cl)cc2Br)CCO1. The number of hydrogen-bond acceptors (Lipinski definition) is 2. The van der Waals surface area contributed by atoms with Crippen molar-refractivity contribution in [3.8, 4) is 0 Å². The maximum Gasteiger partial charge on any atom is 0.255 e. The molecule has 0 aromatic heterocycles. The van der Waals surface area contributed by atoms with Gasteiger partial charge < -0.3 is 9.64 Å². The van der Waals surface area contributed by atoms with Crippen molar-refractivity contribution in [3.05, 3.63) is 33.3 Å². The Morgan fingerprint density at radius 2 is 2.35 bits per heavy atom. The van der Waals surface area contributed by atoms with E-state index in [1.165, 1.54) is 0 Å². The summed E-state index contributed by atoms with van der Waals surface area (Å²) in [6, 6.07) is 5.21. The van der Waals surface area contributed by atoms with E-state index in [4.69, 9.17) is 16.3 Å². The lowest BCUT2D eigenvalue weighted by Crippen LogP contribution is -2.44. The number of rotatable bonds is 1. The predicted octanol–water partition coefficient (Wildman–Crippen LogP) is 2.96. The van der Waals surface area contributed by atoms with Crippen molar-refractivity contribution < 1.29 is 9.53 Å². The number of amides is 1. The molecule has 1 atom stereocenters. The van der Waals surface area contributed by atoms with Gasteiger partial charge in [-0.2, -0.15) is 0 Å². The number of carbonyl (C=O) groups is 1. The molecule has 1 aliphatic rings. The van der Waals surface area contributed by atoms with Crippen LogP contribution in [0.1, 0.15) is 17.3 Å². The Morgan fingerprint density at radius 1 is 1.59 bits per heavy atom. The van der Waals surface area contributed by atoms with Crippen LogP contribution in [0.2, 0.25) is 5.02 Å². The molecule has 3 nitrogen and oxygen atoms in total. The summed E-state index contributed by atoms with van der Waals surface area (Å²) in [7, 11) is 0. The molecular weight excluding hydrogens is 305 g/mol. The number of ether oxygens (including phenoxy) is 1. The maximum absolute atomic E-state index is 12.3. The van der Waals surface area contributed by atoms with E-state index in [0.29, 0.717) is 30.3 Å². The third-order valence-corrected chi connectivity index (χ3v) is 3.58. The van der Waals surface area contributed by atoms with Gasteiger partial charge in [-0.1, -0.05) is 11.6 Å². The molecule has 1 amide bonds. The number of hydrogen-bond donors (Lipinski definition) is 0. The van der Waals surface area contributed by atoms with Crippen LogP contribution in [-0.4, -0.2) is 36.6 Å². The first-order chi connectivity index (χ1) is 8.08. The van der Waals surface area contributed by atoms with Gasteiger partial charge in [0.15, 0.2) is 0 Å². The molecule has 92 valence electrons. The van der Waals surface area contributed by atoms with E-state index in [1.807, 2.05) is 11.8 Å². The van der Waals surface area contributed by atoms with E-state index in [9.17, 15) is 4.79 Å². The van der Waals surface area contributed by atoms with Crippen molar-refractivity contribution in [3.63, 3.8) is 0 Å². The lowest BCUT2D eigenvalue weighted by molar-refractivity contribution is -0.0124. The monoisotopic (exact) mass is 317 g/mol. The molecule has 0 aliphatic carbocycles. The summed E-state index contributed by atoms with van der Waals surface area (Å²) in [5.74, 6) is 0.0173. The van der Waals surface area contributed by atoms with Crippen LogP contribution in [0.4, 0.5) is 0 Å². The van der Waals surface area contributed by atoms with E-state index in [0.717, 1.165) is 4.47 Å². The standard InChI is InChI=1S/C12H13BrClNO2/c1-8-7-15(4-5-17-8)12(16)10-3-2-9(14)6-11(10)13/h2-3,6,8H,4-5,7H2,1H3. The average Bonchev–Trinajstić information content (AvgIpc) is 2.28. The highest BCUT2D eigenvalue weighted by Crippen LogP contribution is 2.23. The van der Waals surface area contributed by atoms with Gasteiger partial charge in [-0.25, -0.2) is 0 Å². The second kappa shape index (κ2) is 5.38. The van der Waals surface area contributed by atoms with Gasteiger partial charge in [-0.05, 0) is 41.1 Å². The van der Waals surface area contributed by atoms with Gasteiger partial charge in [-0.3, -0.25) is 4.79 Å². The first-order valence-electron chi connectivity index (χ1n) is 5.44. The van der Waals surface area contributed by atoms with Gasteiger partial charge in [0.05, 0.1) is 18.3 Å². The molecule has 17 heavy (non-hydrogen) atoms. The summed E-state index contributed by atoms with van der Waals surface area (Å²) in [6.45, 7) is 3.83. The summed E-state index contributed by atoms with van der Waals surface area (Å²) in [4.78, 5) is 14.1. The zero-order valence-electron chi connectivity index (χ0n) is 9.45. The van der Waals surface area contributed by atoms with E-state index in [-0.39, 0.29) is 12.0 Å². The molecule has 2 rings (SSSR count). The Balaban J connectivity index is 2.18. The fourth-order valence-corrected chi connectivity index (χ4v) is 2.69. The Kier molecular flexibility index (Phi) is 4.07. The molecule has 0 radical (unpaired) electrons. The highest BCUT2D eigenvalue weighted by atomic mass is 79.9. The van der Waals surface area contributed by atoms with Gasteiger partial charge in [0.1, 0.15) is 0 Å². The molecule has 0 saturated carbocycles. The molecule has 1 fully saturated rings. The van der Waals surface area contributed by atoms with Crippen LogP contribution in [-0.2, 0) is 4.74 Å². The summed E-state index contributed by atoms with van der Waals surface area (Å²) in [5, 5.41) is 0.615. The number of halogens is 2. The van der Waals surface area contributed by atoms with Crippen LogP contribution in [0.15, 0.2) is 22.7 Å². The Hall–Kier alpha value is -0.580. The van der Waals surface area contributed by atoms with Crippen molar-refractivity contribution in [2.45, 2.75) is 13.0 Å². The lowest BCUT2D eigenvalue weighted by atomic mass is 10.2. The highest BCUT2D eigenvalue weighted by Gasteiger charge is 2.23. The highest BCUT2D eigenvalue weighted by molar-refractivity contribution is 9.10. The van der Waals surface area contributed by atoms with Crippen LogP contribution in [0.3, 0.4) is 0 Å². The fraction of sp³-hybridized carbons (Fsp3) is 0.417. The normalized spacial score (nSPS) is 20.4. The van der Waals surface area contributed by atoms with Gasteiger partial charge in [0.25, 0.3) is 5.91 Å². The molecule has 0 bridgehead atoms. The predicted molar refractivity (Wildman–Crippen MR) is 70.5 cm³/mol. The smallest absolute Gasteiger partial charge is 0.255 e. The van der Waals surface area contributed by atoms with E-state index >= 15 is 0 Å². The van der Waals surface area contributed by atoms with Gasteiger partial charge in [0.2, 0.25) is 0 Å².